The molecule has 5 unspecified atom stereocenters. The highest BCUT2D eigenvalue weighted by molar-refractivity contribution is 5.50. The zero-order valence-corrected chi connectivity index (χ0v) is 11.9. The number of halogens is 1. The molecule has 0 spiro atoms. The average molecular weight is 275 g/mol. The molecule has 3 saturated carbocycles. The van der Waals surface area contributed by atoms with Crippen molar-refractivity contribution in [3.8, 4) is 5.75 Å². The number of methoxy groups -OCH3 is 1. The lowest BCUT2D eigenvalue weighted by molar-refractivity contribution is 0.243. The first-order valence-electron chi connectivity index (χ1n) is 7.86. The lowest BCUT2D eigenvalue weighted by Crippen LogP contribution is -2.34. The fourth-order valence-electron chi connectivity index (χ4n) is 5.18. The topological polar surface area (TPSA) is 21.3 Å². The summed E-state index contributed by atoms with van der Waals surface area (Å²) in [5.41, 5.74) is 0.608. The monoisotopic (exact) mass is 275 g/mol. The third kappa shape index (κ3) is 1.82. The van der Waals surface area contributed by atoms with Gasteiger partial charge in [-0.3, -0.25) is 0 Å². The molecule has 3 fully saturated rings. The van der Waals surface area contributed by atoms with E-state index in [1.165, 1.54) is 38.2 Å². The zero-order valence-electron chi connectivity index (χ0n) is 11.9. The Labute approximate surface area is 119 Å². The molecule has 3 aliphatic rings. The second kappa shape index (κ2) is 4.64. The maximum absolute atomic E-state index is 14.0. The molecule has 20 heavy (non-hydrogen) atoms. The quantitative estimate of drug-likeness (QED) is 0.897. The number of hydrogen-bond acceptors (Lipinski definition) is 2. The van der Waals surface area contributed by atoms with Gasteiger partial charge < -0.3 is 10.1 Å². The van der Waals surface area contributed by atoms with E-state index in [4.69, 9.17) is 4.74 Å². The van der Waals surface area contributed by atoms with Gasteiger partial charge in [0.15, 0.2) is 0 Å². The van der Waals surface area contributed by atoms with Gasteiger partial charge in [0, 0.05) is 12.1 Å². The van der Waals surface area contributed by atoms with Crippen molar-refractivity contribution in [3.63, 3.8) is 0 Å². The van der Waals surface area contributed by atoms with Gasteiger partial charge in [0.1, 0.15) is 11.6 Å². The van der Waals surface area contributed by atoms with E-state index < -0.39 is 0 Å². The molecule has 0 aliphatic heterocycles. The van der Waals surface area contributed by atoms with Crippen LogP contribution in [-0.2, 0) is 0 Å². The van der Waals surface area contributed by atoms with E-state index in [-0.39, 0.29) is 5.82 Å². The maximum Gasteiger partial charge on any atom is 0.146 e. The smallest absolute Gasteiger partial charge is 0.146 e. The van der Waals surface area contributed by atoms with Crippen molar-refractivity contribution >= 4 is 5.69 Å². The average Bonchev–Trinajstić information content (AvgIpc) is 3.12. The minimum atomic E-state index is -0.170. The Morgan fingerprint density at radius 1 is 1.15 bits per heavy atom. The molecule has 2 bridgehead atoms. The molecule has 5 atom stereocenters. The Morgan fingerprint density at radius 3 is 2.85 bits per heavy atom. The van der Waals surface area contributed by atoms with Crippen molar-refractivity contribution in [1.82, 2.24) is 0 Å². The highest BCUT2D eigenvalue weighted by Crippen LogP contribution is 2.59. The molecule has 1 aromatic rings. The van der Waals surface area contributed by atoms with E-state index in [0.29, 0.717) is 11.7 Å². The van der Waals surface area contributed by atoms with Crippen LogP contribution < -0.4 is 10.1 Å². The fourth-order valence-corrected chi connectivity index (χ4v) is 5.18. The van der Waals surface area contributed by atoms with Crippen LogP contribution in [0.5, 0.6) is 5.75 Å². The normalized spacial score (nSPS) is 38.0. The Bertz CT molecular complexity index is 518. The van der Waals surface area contributed by atoms with Crippen LogP contribution in [0.3, 0.4) is 0 Å². The van der Waals surface area contributed by atoms with Gasteiger partial charge >= 0.3 is 0 Å². The molecule has 1 N–H and O–H groups in total. The second-order valence-corrected chi connectivity index (χ2v) is 6.75. The predicted octanol–water partition coefficient (Wildman–Crippen LogP) is 4.07. The van der Waals surface area contributed by atoms with Gasteiger partial charge in [0.2, 0.25) is 0 Å². The fraction of sp³-hybridized carbons (Fsp3) is 0.647. The highest BCUT2D eigenvalue weighted by atomic mass is 19.1. The second-order valence-electron chi connectivity index (χ2n) is 6.75. The summed E-state index contributed by atoms with van der Waals surface area (Å²) in [6, 6.07) is 5.41. The van der Waals surface area contributed by atoms with Crippen molar-refractivity contribution in [2.24, 2.45) is 23.7 Å². The molecule has 0 amide bonds. The van der Waals surface area contributed by atoms with E-state index in [9.17, 15) is 4.39 Å². The summed E-state index contributed by atoms with van der Waals surface area (Å²) < 4.78 is 19.2. The molecule has 0 radical (unpaired) electrons. The summed E-state index contributed by atoms with van der Waals surface area (Å²) >= 11 is 0. The molecule has 3 aliphatic carbocycles. The van der Waals surface area contributed by atoms with Gasteiger partial charge in [-0.2, -0.15) is 0 Å². The van der Waals surface area contributed by atoms with E-state index in [1.807, 2.05) is 0 Å². The minimum Gasteiger partial charge on any atom is -0.497 e. The molecule has 3 heteroatoms. The number of benzene rings is 1. The standard InChI is InChI=1S/C17H22FNO/c1-20-11-5-6-15(18)17(9-11)19-16-8-10-7-14(16)13-4-2-3-12(10)13/h5-6,9-10,12-14,16,19H,2-4,7-8H2,1H3. The van der Waals surface area contributed by atoms with Crippen molar-refractivity contribution in [3.05, 3.63) is 24.0 Å². The molecule has 0 aromatic heterocycles. The number of anilines is 1. The molecule has 1 aromatic carbocycles. The number of hydrogen-bond donors (Lipinski definition) is 1. The van der Waals surface area contributed by atoms with Crippen molar-refractivity contribution in [1.29, 1.82) is 0 Å². The van der Waals surface area contributed by atoms with E-state index >= 15 is 0 Å². The van der Waals surface area contributed by atoms with Crippen molar-refractivity contribution in [2.75, 3.05) is 12.4 Å². The van der Waals surface area contributed by atoms with Crippen LogP contribution in [0, 0.1) is 29.5 Å². The number of fused-ring (bicyclic) bond motifs is 5. The summed E-state index contributed by atoms with van der Waals surface area (Å²) in [7, 11) is 1.62. The third-order valence-electron chi connectivity index (χ3n) is 5.94. The Balaban J connectivity index is 1.53. The van der Waals surface area contributed by atoms with E-state index in [2.05, 4.69) is 5.32 Å². The number of ether oxygens (including phenoxy) is 1. The van der Waals surface area contributed by atoms with Crippen molar-refractivity contribution < 1.29 is 9.13 Å². The van der Waals surface area contributed by atoms with Crippen LogP contribution in [0.1, 0.15) is 32.1 Å². The number of nitrogens with one attached hydrogen (secondary N) is 1. The predicted molar refractivity (Wildman–Crippen MR) is 77.4 cm³/mol. The molecule has 4 rings (SSSR count). The van der Waals surface area contributed by atoms with Gasteiger partial charge in [-0.1, -0.05) is 6.42 Å². The molecule has 2 nitrogen and oxygen atoms in total. The zero-order chi connectivity index (χ0) is 13.7. The lowest BCUT2D eigenvalue weighted by Gasteiger charge is -2.32. The van der Waals surface area contributed by atoms with Crippen LogP contribution in [0.15, 0.2) is 18.2 Å². The highest BCUT2D eigenvalue weighted by Gasteiger charge is 2.53. The van der Waals surface area contributed by atoms with Gasteiger partial charge in [-0.15, -0.1) is 0 Å². The summed E-state index contributed by atoms with van der Waals surface area (Å²) in [5, 5.41) is 3.47. The first-order chi connectivity index (χ1) is 9.76. The SMILES string of the molecule is COc1ccc(F)c(NC2CC3CC2C2CCCC32)c1. The Morgan fingerprint density at radius 2 is 2.00 bits per heavy atom. The first kappa shape index (κ1) is 12.5. The molecule has 0 saturated heterocycles. The minimum absolute atomic E-state index is 0.170. The van der Waals surface area contributed by atoms with Gasteiger partial charge in [-0.25, -0.2) is 4.39 Å². The summed E-state index contributed by atoms with van der Waals surface area (Å²) in [5.74, 6) is 4.08. The van der Waals surface area contributed by atoms with Crippen LogP contribution in [0.4, 0.5) is 10.1 Å². The molecule has 0 heterocycles. The van der Waals surface area contributed by atoms with Gasteiger partial charge in [0.25, 0.3) is 0 Å². The largest absolute Gasteiger partial charge is 0.497 e. The van der Waals surface area contributed by atoms with E-state index in [1.54, 1.807) is 19.2 Å². The summed E-state index contributed by atoms with van der Waals surface area (Å²) in [6.07, 6.45) is 6.82. The van der Waals surface area contributed by atoms with Gasteiger partial charge in [0.05, 0.1) is 12.8 Å². The third-order valence-corrected chi connectivity index (χ3v) is 5.94. The van der Waals surface area contributed by atoms with Crippen LogP contribution >= 0.6 is 0 Å². The van der Waals surface area contributed by atoms with Crippen molar-refractivity contribution in [2.45, 2.75) is 38.1 Å². The van der Waals surface area contributed by atoms with Gasteiger partial charge in [-0.05, 0) is 61.5 Å². The molecular weight excluding hydrogens is 253 g/mol. The Hall–Kier alpha value is -1.25. The summed E-state index contributed by atoms with van der Waals surface area (Å²) in [4.78, 5) is 0. The maximum atomic E-state index is 14.0. The first-order valence-corrected chi connectivity index (χ1v) is 7.86. The van der Waals surface area contributed by atoms with Crippen LogP contribution in [0.2, 0.25) is 0 Å². The number of rotatable bonds is 3. The molecular formula is C17H22FNO. The molecule has 108 valence electrons. The van der Waals surface area contributed by atoms with Crippen LogP contribution in [-0.4, -0.2) is 13.2 Å². The summed E-state index contributed by atoms with van der Waals surface area (Å²) in [6.45, 7) is 0. The van der Waals surface area contributed by atoms with E-state index in [0.717, 1.165) is 29.4 Å². The lowest BCUT2D eigenvalue weighted by atomic mass is 9.79. The van der Waals surface area contributed by atoms with Crippen LogP contribution in [0.25, 0.3) is 0 Å². The Kier molecular flexibility index (Phi) is 2.90.